The number of hydrogen-bond acceptors (Lipinski definition) is 2. The molecular formula is C17H20BrNS. The van der Waals surface area contributed by atoms with Crippen LogP contribution in [0.25, 0.3) is 16.5 Å². The second-order valence-electron chi connectivity index (χ2n) is 4.62. The van der Waals surface area contributed by atoms with Gasteiger partial charge in [-0.25, -0.2) is 0 Å². The first-order valence-corrected chi connectivity index (χ1v) is 8.60. The van der Waals surface area contributed by atoms with Crippen molar-refractivity contribution in [2.24, 2.45) is 0 Å². The smallest absolute Gasteiger partial charge is 0.0360 e. The second-order valence-corrected chi connectivity index (χ2v) is 6.59. The molecule has 1 heterocycles. The van der Waals surface area contributed by atoms with Crippen LogP contribution in [-0.2, 0) is 0 Å². The number of thiophene rings is 1. The van der Waals surface area contributed by atoms with Crippen LogP contribution >= 0.6 is 27.3 Å². The van der Waals surface area contributed by atoms with Crippen LogP contribution < -0.4 is 5.32 Å². The van der Waals surface area contributed by atoms with E-state index >= 15 is 0 Å². The summed E-state index contributed by atoms with van der Waals surface area (Å²) in [5.41, 5.74) is 2.72. The minimum absolute atomic E-state index is 0.981. The van der Waals surface area contributed by atoms with Crippen molar-refractivity contribution < 1.29 is 0 Å². The van der Waals surface area contributed by atoms with Gasteiger partial charge in [-0.1, -0.05) is 53.5 Å². The molecule has 0 unspecified atom stereocenters. The zero-order chi connectivity index (χ0) is 14.4. The van der Waals surface area contributed by atoms with Gasteiger partial charge < -0.3 is 5.32 Å². The number of halogens is 1. The molecule has 1 nitrogen and oxygen atoms in total. The Hall–Kier alpha value is -0.900. The SMILES string of the molecule is CCNCC(=Cc1ccc(-c2ccccc2Br)s1)CC. The fraction of sp³-hybridized carbons (Fsp3) is 0.294. The van der Waals surface area contributed by atoms with E-state index in [1.54, 1.807) is 0 Å². The van der Waals surface area contributed by atoms with E-state index in [1.165, 1.54) is 20.9 Å². The maximum Gasteiger partial charge on any atom is 0.0360 e. The van der Waals surface area contributed by atoms with Gasteiger partial charge in [-0.2, -0.15) is 0 Å². The molecule has 0 bridgehead atoms. The fourth-order valence-electron chi connectivity index (χ4n) is 2.00. The molecule has 0 saturated heterocycles. The van der Waals surface area contributed by atoms with E-state index in [1.807, 2.05) is 17.4 Å². The lowest BCUT2D eigenvalue weighted by atomic mass is 10.1. The monoisotopic (exact) mass is 349 g/mol. The maximum atomic E-state index is 3.62. The largest absolute Gasteiger partial charge is 0.313 e. The van der Waals surface area contributed by atoms with Gasteiger partial charge in [-0.05, 0) is 37.2 Å². The van der Waals surface area contributed by atoms with Gasteiger partial charge >= 0.3 is 0 Å². The highest BCUT2D eigenvalue weighted by molar-refractivity contribution is 9.10. The summed E-state index contributed by atoms with van der Waals surface area (Å²) in [4.78, 5) is 2.63. The topological polar surface area (TPSA) is 12.0 Å². The van der Waals surface area contributed by atoms with Crippen molar-refractivity contribution in [1.82, 2.24) is 5.32 Å². The summed E-state index contributed by atoms with van der Waals surface area (Å²) in [6.45, 7) is 6.36. The highest BCUT2D eigenvalue weighted by Crippen LogP contribution is 2.34. The summed E-state index contributed by atoms with van der Waals surface area (Å²) in [6.07, 6.45) is 3.41. The highest BCUT2D eigenvalue weighted by Gasteiger charge is 2.05. The molecule has 1 N–H and O–H groups in total. The van der Waals surface area contributed by atoms with Crippen molar-refractivity contribution in [3.8, 4) is 10.4 Å². The first-order valence-electron chi connectivity index (χ1n) is 6.99. The summed E-state index contributed by atoms with van der Waals surface area (Å²) in [6, 6.07) is 12.8. The van der Waals surface area contributed by atoms with Crippen LogP contribution in [0.2, 0.25) is 0 Å². The first kappa shape index (κ1) is 15.5. The third-order valence-electron chi connectivity index (χ3n) is 3.17. The third-order valence-corrected chi connectivity index (χ3v) is 4.93. The van der Waals surface area contributed by atoms with Crippen LogP contribution in [0.15, 0.2) is 46.4 Å². The average Bonchev–Trinajstić information content (AvgIpc) is 2.92. The number of likely N-dealkylation sites (N-methyl/N-ethyl adjacent to an activating group) is 1. The van der Waals surface area contributed by atoms with E-state index < -0.39 is 0 Å². The molecule has 0 radical (unpaired) electrons. The predicted octanol–water partition coefficient (Wildman–Crippen LogP) is 5.58. The number of rotatable bonds is 6. The minimum atomic E-state index is 0.981. The van der Waals surface area contributed by atoms with Gasteiger partial charge in [0, 0.05) is 26.3 Å². The summed E-state index contributed by atoms with van der Waals surface area (Å²) in [7, 11) is 0. The van der Waals surface area contributed by atoms with Crippen molar-refractivity contribution in [2.45, 2.75) is 20.3 Å². The molecule has 20 heavy (non-hydrogen) atoms. The van der Waals surface area contributed by atoms with Gasteiger partial charge in [0.2, 0.25) is 0 Å². The van der Waals surface area contributed by atoms with E-state index in [0.29, 0.717) is 0 Å². The van der Waals surface area contributed by atoms with Gasteiger partial charge in [0.15, 0.2) is 0 Å². The van der Waals surface area contributed by atoms with E-state index in [2.05, 4.69) is 71.5 Å². The molecule has 0 aliphatic rings. The molecule has 0 aliphatic heterocycles. The Labute approximate surface area is 133 Å². The molecule has 0 atom stereocenters. The van der Waals surface area contributed by atoms with Crippen LogP contribution in [0.5, 0.6) is 0 Å². The van der Waals surface area contributed by atoms with Crippen molar-refractivity contribution in [3.05, 3.63) is 51.3 Å². The van der Waals surface area contributed by atoms with Crippen molar-refractivity contribution in [3.63, 3.8) is 0 Å². The zero-order valence-corrected chi connectivity index (χ0v) is 14.4. The molecule has 3 heteroatoms. The van der Waals surface area contributed by atoms with Crippen molar-refractivity contribution in [2.75, 3.05) is 13.1 Å². The average molecular weight is 350 g/mol. The van der Waals surface area contributed by atoms with Crippen LogP contribution in [0, 0.1) is 0 Å². The normalized spacial score (nSPS) is 11.8. The van der Waals surface area contributed by atoms with Gasteiger partial charge in [-0.15, -0.1) is 11.3 Å². The summed E-state index contributed by atoms with van der Waals surface area (Å²) in [5, 5.41) is 3.40. The lowest BCUT2D eigenvalue weighted by Gasteiger charge is -2.04. The van der Waals surface area contributed by atoms with Gasteiger partial charge in [-0.3, -0.25) is 0 Å². The van der Waals surface area contributed by atoms with Gasteiger partial charge in [0.1, 0.15) is 0 Å². The number of benzene rings is 1. The summed E-state index contributed by atoms with van der Waals surface area (Å²) >= 11 is 5.47. The Balaban J connectivity index is 2.20. The van der Waals surface area contributed by atoms with Crippen LogP contribution in [-0.4, -0.2) is 13.1 Å². The summed E-state index contributed by atoms with van der Waals surface area (Å²) < 4.78 is 1.15. The molecule has 0 aliphatic carbocycles. The molecule has 1 aromatic heterocycles. The molecular weight excluding hydrogens is 330 g/mol. The van der Waals surface area contributed by atoms with E-state index in [0.717, 1.165) is 24.0 Å². The van der Waals surface area contributed by atoms with Crippen LogP contribution in [0.3, 0.4) is 0 Å². The minimum Gasteiger partial charge on any atom is -0.313 e. The second kappa shape index (κ2) is 7.77. The van der Waals surface area contributed by atoms with Crippen molar-refractivity contribution in [1.29, 1.82) is 0 Å². The lowest BCUT2D eigenvalue weighted by molar-refractivity contribution is 0.762. The Morgan fingerprint density at radius 2 is 2.00 bits per heavy atom. The van der Waals surface area contributed by atoms with Crippen LogP contribution in [0.1, 0.15) is 25.1 Å². The highest BCUT2D eigenvalue weighted by atomic mass is 79.9. The molecule has 1 aromatic carbocycles. The molecule has 0 amide bonds. The van der Waals surface area contributed by atoms with Gasteiger partial charge in [0.25, 0.3) is 0 Å². The zero-order valence-electron chi connectivity index (χ0n) is 11.9. The molecule has 106 valence electrons. The standard InChI is InChI=1S/C17H20BrNS/c1-3-13(12-19-4-2)11-14-9-10-17(20-14)15-7-5-6-8-16(15)18/h5-11,19H,3-4,12H2,1-2H3. The van der Waals surface area contributed by atoms with E-state index in [9.17, 15) is 0 Å². The van der Waals surface area contributed by atoms with Crippen molar-refractivity contribution >= 4 is 33.3 Å². The summed E-state index contributed by atoms with van der Waals surface area (Å²) in [5.74, 6) is 0. The van der Waals surface area contributed by atoms with E-state index in [4.69, 9.17) is 0 Å². The molecule has 0 spiro atoms. The Kier molecular flexibility index (Phi) is 6.02. The third kappa shape index (κ3) is 4.05. The van der Waals surface area contributed by atoms with Crippen LogP contribution in [0.4, 0.5) is 0 Å². The molecule has 2 aromatic rings. The Morgan fingerprint density at radius 3 is 2.70 bits per heavy atom. The Bertz CT molecular complexity index is 586. The first-order chi connectivity index (χ1) is 9.74. The van der Waals surface area contributed by atoms with Gasteiger partial charge in [0.05, 0.1) is 0 Å². The van der Waals surface area contributed by atoms with E-state index in [-0.39, 0.29) is 0 Å². The fourth-order valence-corrected chi connectivity index (χ4v) is 3.67. The molecule has 0 saturated carbocycles. The molecule has 0 fully saturated rings. The number of hydrogen-bond donors (Lipinski definition) is 1. The Morgan fingerprint density at radius 1 is 1.20 bits per heavy atom. The lowest BCUT2D eigenvalue weighted by Crippen LogP contribution is -2.15. The maximum absolute atomic E-state index is 3.62. The number of nitrogens with one attached hydrogen (secondary N) is 1. The quantitative estimate of drug-likeness (QED) is 0.717. The molecule has 2 rings (SSSR count). The predicted molar refractivity (Wildman–Crippen MR) is 94.3 cm³/mol.